The normalized spacial score (nSPS) is 12.3. The lowest BCUT2D eigenvalue weighted by Gasteiger charge is -2.13. The van der Waals surface area contributed by atoms with E-state index < -0.39 is 0 Å². The molecule has 0 heterocycles. The number of hydrogen-bond acceptors (Lipinski definition) is 1. The van der Waals surface area contributed by atoms with Gasteiger partial charge < -0.3 is 5.11 Å². The second-order valence-electron chi connectivity index (χ2n) is 4.80. The summed E-state index contributed by atoms with van der Waals surface area (Å²) in [6.45, 7) is 4.40. The van der Waals surface area contributed by atoms with Crippen LogP contribution >= 0.6 is 0 Å². The molecule has 1 N–H and O–H groups in total. The number of benzene rings is 2. The molecule has 0 aliphatic heterocycles. The highest BCUT2D eigenvalue weighted by molar-refractivity contribution is 5.36. The molecule has 0 aromatic heterocycles. The molecular formula is C17H20O. The first kappa shape index (κ1) is 12.7. The fourth-order valence-corrected chi connectivity index (χ4v) is 2.22. The molecule has 2 aromatic rings. The first-order valence-corrected chi connectivity index (χ1v) is 6.58. The maximum Gasteiger partial charge on any atom is 0.115 e. The highest BCUT2D eigenvalue weighted by Gasteiger charge is 2.08. The fraction of sp³-hybridized carbons (Fsp3) is 0.294. The van der Waals surface area contributed by atoms with Crippen LogP contribution in [0, 0.1) is 0 Å². The van der Waals surface area contributed by atoms with Gasteiger partial charge in [0.2, 0.25) is 0 Å². The van der Waals surface area contributed by atoms with Gasteiger partial charge in [-0.05, 0) is 35.2 Å². The van der Waals surface area contributed by atoms with Gasteiger partial charge in [-0.2, -0.15) is 0 Å². The number of phenols is 1. The van der Waals surface area contributed by atoms with E-state index in [0.717, 1.165) is 6.42 Å². The second-order valence-corrected chi connectivity index (χ2v) is 4.80. The fourth-order valence-electron chi connectivity index (χ4n) is 2.22. The number of aryl methyl sites for hydroxylation is 1. The summed E-state index contributed by atoms with van der Waals surface area (Å²) in [5.74, 6) is 0.686. The Morgan fingerprint density at radius 2 is 1.39 bits per heavy atom. The molecule has 0 saturated heterocycles. The zero-order valence-corrected chi connectivity index (χ0v) is 11.1. The standard InChI is InChI=1S/C17H20O/c1-3-4-14-5-7-15(8-6-14)13(2)16-9-11-17(18)12-10-16/h5-13,18H,3-4H2,1-2H3. The predicted octanol–water partition coefficient (Wildman–Crippen LogP) is 4.50. The Hall–Kier alpha value is -1.76. The van der Waals surface area contributed by atoms with Gasteiger partial charge in [0.05, 0.1) is 0 Å². The number of phenolic OH excluding ortho intramolecular Hbond substituents is 1. The van der Waals surface area contributed by atoms with Gasteiger partial charge in [0, 0.05) is 5.92 Å². The number of rotatable bonds is 4. The molecule has 0 amide bonds. The van der Waals surface area contributed by atoms with Crippen LogP contribution in [0.15, 0.2) is 48.5 Å². The van der Waals surface area contributed by atoms with E-state index in [9.17, 15) is 5.11 Å². The first-order chi connectivity index (χ1) is 8.70. The average molecular weight is 240 g/mol. The van der Waals surface area contributed by atoms with Gasteiger partial charge in [0.15, 0.2) is 0 Å². The number of hydrogen-bond donors (Lipinski definition) is 1. The molecule has 18 heavy (non-hydrogen) atoms. The summed E-state index contributed by atoms with van der Waals surface area (Å²) in [5.41, 5.74) is 3.95. The quantitative estimate of drug-likeness (QED) is 0.834. The minimum absolute atomic E-state index is 0.323. The molecular weight excluding hydrogens is 220 g/mol. The Bertz CT molecular complexity index is 482. The summed E-state index contributed by atoms with van der Waals surface area (Å²) in [6.07, 6.45) is 2.33. The van der Waals surface area contributed by atoms with Crippen molar-refractivity contribution in [3.8, 4) is 5.75 Å². The van der Waals surface area contributed by atoms with Crippen LogP contribution in [0.3, 0.4) is 0 Å². The summed E-state index contributed by atoms with van der Waals surface area (Å²) >= 11 is 0. The van der Waals surface area contributed by atoms with Crippen LogP contribution in [-0.2, 0) is 6.42 Å². The second kappa shape index (κ2) is 5.72. The zero-order chi connectivity index (χ0) is 13.0. The van der Waals surface area contributed by atoms with E-state index in [4.69, 9.17) is 0 Å². The molecule has 0 spiro atoms. The minimum Gasteiger partial charge on any atom is -0.508 e. The molecule has 94 valence electrons. The molecule has 0 radical (unpaired) electrons. The van der Waals surface area contributed by atoms with Crippen molar-refractivity contribution in [2.75, 3.05) is 0 Å². The molecule has 2 aromatic carbocycles. The van der Waals surface area contributed by atoms with Gasteiger partial charge in [0.25, 0.3) is 0 Å². The lowest BCUT2D eigenvalue weighted by atomic mass is 9.92. The molecule has 1 heteroatoms. The van der Waals surface area contributed by atoms with Gasteiger partial charge in [-0.3, -0.25) is 0 Å². The van der Waals surface area contributed by atoms with Crippen molar-refractivity contribution >= 4 is 0 Å². The third-order valence-electron chi connectivity index (χ3n) is 3.41. The molecule has 2 rings (SSSR count). The minimum atomic E-state index is 0.323. The van der Waals surface area contributed by atoms with E-state index >= 15 is 0 Å². The van der Waals surface area contributed by atoms with Crippen molar-refractivity contribution in [3.05, 3.63) is 65.2 Å². The van der Waals surface area contributed by atoms with Gasteiger partial charge in [-0.1, -0.05) is 56.7 Å². The molecule has 1 unspecified atom stereocenters. The topological polar surface area (TPSA) is 20.2 Å². The molecule has 1 nitrogen and oxygen atoms in total. The monoisotopic (exact) mass is 240 g/mol. The maximum atomic E-state index is 9.30. The van der Waals surface area contributed by atoms with E-state index in [1.54, 1.807) is 12.1 Å². The molecule has 1 atom stereocenters. The van der Waals surface area contributed by atoms with Gasteiger partial charge in [-0.15, -0.1) is 0 Å². The van der Waals surface area contributed by atoms with Crippen LogP contribution in [-0.4, -0.2) is 5.11 Å². The summed E-state index contributed by atoms with van der Waals surface area (Å²) < 4.78 is 0. The third-order valence-corrected chi connectivity index (χ3v) is 3.41. The first-order valence-electron chi connectivity index (χ1n) is 6.58. The van der Waals surface area contributed by atoms with E-state index in [1.807, 2.05) is 12.1 Å². The lowest BCUT2D eigenvalue weighted by Crippen LogP contribution is -1.96. The summed E-state index contributed by atoms with van der Waals surface area (Å²) in [6, 6.07) is 16.3. The lowest BCUT2D eigenvalue weighted by molar-refractivity contribution is 0.475. The maximum absolute atomic E-state index is 9.30. The summed E-state index contributed by atoms with van der Waals surface area (Å²) in [5, 5.41) is 9.30. The van der Waals surface area contributed by atoms with Crippen LogP contribution < -0.4 is 0 Å². The highest BCUT2D eigenvalue weighted by Crippen LogP contribution is 2.25. The zero-order valence-electron chi connectivity index (χ0n) is 11.1. The van der Waals surface area contributed by atoms with Crippen LogP contribution in [0.5, 0.6) is 5.75 Å². The van der Waals surface area contributed by atoms with Crippen molar-refractivity contribution in [3.63, 3.8) is 0 Å². The Morgan fingerprint density at radius 3 is 1.89 bits per heavy atom. The van der Waals surface area contributed by atoms with Crippen LogP contribution in [0.2, 0.25) is 0 Å². The van der Waals surface area contributed by atoms with Crippen molar-refractivity contribution in [1.29, 1.82) is 0 Å². The molecule has 0 aliphatic carbocycles. The third kappa shape index (κ3) is 2.92. The molecule has 0 saturated carbocycles. The Kier molecular flexibility index (Phi) is 4.03. The highest BCUT2D eigenvalue weighted by atomic mass is 16.3. The van der Waals surface area contributed by atoms with Crippen molar-refractivity contribution in [2.45, 2.75) is 32.6 Å². The van der Waals surface area contributed by atoms with Gasteiger partial charge in [-0.25, -0.2) is 0 Å². The Morgan fingerprint density at radius 1 is 0.889 bits per heavy atom. The van der Waals surface area contributed by atoms with Gasteiger partial charge in [0.1, 0.15) is 5.75 Å². The molecule has 0 fully saturated rings. The molecule has 0 aliphatic rings. The smallest absolute Gasteiger partial charge is 0.115 e. The van der Waals surface area contributed by atoms with Crippen molar-refractivity contribution in [2.24, 2.45) is 0 Å². The van der Waals surface area contributed by atoms with Gasteiger partial charge >= 0.3 is 0 Å². The van der Waals surface area contributed by atoms with E-state index in [2.05, 4.69) is 38.1 Å². The van der Waals surface area contributed by atoms with Crippen LogP contribution in [0.4, 0.5) is 0 Å². The Balaban J connectivity index is 2.17. The molecule has 0 bridgehead atoms. The van der Waals surface area contributed by atoms with Crippen molar-refractivity contribution < 1.29 is 5.11 Å². The van der Waals surface area contributed by atoms with Crippen molar-refractivity contribution in [1.82, 2.24) is 0 Å². The largest absolute Gasteiger partial charge is 0.508 e. The SMILES string of the molecule is CCCc1ccc(C(C)c2ccc(O)cc2)cc1. The number of aromatic hydroxyl groups is 1. The average Bonchev–Trinajstić information content (AvgIpc) is 2.40. The van der Waals surface area contributed by atoms with E-state index in [-0.39, 0.29) is 0 Å². The Labute approximate surface area is 109 Å². The summed E-state index contributed by atoms with van der Waals surface area (Å²) in [7, 11) is 0. The predicted molar refractivity (Wildman–Crippen MR) is 76.1 cm³/mol. The van der Waals surface area contributed by atoms with Crippen LogP contribution in [0.1, 0.15) is 42.9 Å². The van der Waals surface area contributed by atoms with E-state index in [0.29, 0.717) is 11.7 Å². The summed E-state index contributed by atoms with van der Waals surface area (Å²) in [4.78, 5) is 0. The van der Waals surface area contributed by atoms with E-state index in [1.165, 1.54) is 23.1 Å². The van der Waals surface area contributed by atoms with Crippen LogP contribution in [0.25, 0.3) is 0 Å².